The van der Waals surface area contributed by atoms with E-state index in [2.05, 4.69) is 10.0 Å². The molecular weight excluding hydrogens is 576 g/mol. The van der Waals surface area contributed by atoms with Gasteiger partial charge in [-0.25, -0.2) is 17.8 Å². The van der Waals surface area contributed by atoms with Gasteiger partial charge in [0.15, 0.2) is 5.69 Å². The average molecular weight is 615 g/mol. The number of hydrogen-bond donors (Lipinski definition) is 2. The van der Waals surface area contributed by atoms with Gasteiger partial charge in [-0.05, 0) is 58.1 Å². The van der Waals surface area contributed by atoms with Gasteiger partial charge in [0.1, 0.15) is 0 Å². The first-order valence-corrected chi connectivity index (χ1v) is 16.5. The number of carbonyl (C=O) groups excluding carboxylic acids is 2. The third kappa shape index (κ3) is 6.35. The van der Waals surface area contributed by atoms with E-state index in [1.807, 2.05) is 12.1 Å². The van der Waals surface area contributed by atoms with Crippen LogP contribution in [-0.2, 0) is 26.0 Å². The Kier molecular flexibility index (Phi) is 8.70. The highest BCUT2D eigenvalue weighted by atomic mass is 35.5. The van der Waals surface area contributed by atoms with Gasteiger partial charge in [-0.15, -0.1) is 0 Å². The molecule has 0 bridgehead atoms. The molecule has 0 radical (unpaired) electrons. The molecule has 0 spiro atoms. The molecule has 0 unspecified atom stereocenters. The lowest BCUT2D eigenvalue weighted by molar-refractivity contribution is -0.149. The molecule has 2 aliphatic carbocycles. The highest BCUT2D eigenvalue weighted by Gasteiger charge is 2.37. The molecule has 2 fully saturated rings. The quantitative estimate of drug-likeness (QED) is 0.321. The van der Waals surface area contributed by atoms with E-state index in [0.717, 1.165) is 31.4 Å². The van der Waals surface area contributed by atoms with E-state index in [4.69, 9.17) is 21.4 Å². The van der Waals surface area contributed by atoms with Crippen LogP contribution in [0.5, 0.6) is 0 Å². The zero-order chi connectivity index (χ0) is 30.2. The summed E-state index contributed by atoms with van der Waals surface area (Å²) in [5, 5.41) is 9.26. The number of hydrogen-bond acceptors (Lipinski definition) is 6. The fourth-order valence-corrected chi connectivity index (χ4v) is 8.01. The molecule has 0 aliphatic heterocycles. The van der Waals surface area contributed by atoms with Crippen molar-refractivity contribution >= 4 is 44.3 Å². The summed E-state index contributed by atoms with van der Waals surface area (Å²) in [4.78, 5) is 25.4. The predicted octanol–water partition coefficient (Wildman–Crippen LogP) is 5.56. The number of fused-ring (bicyclic) bond motifs is 1. The van der Waals surface area contributed by atoms with E-state index in [9.17, 15) is 18.0 Å². The van der Waals surface area contributed by atoms with Gasteiger partial charge < -0.3 is 10.1 Å². The normalized spacial score (nSPS) is 19.8. The van der Waals surface area contributed by atoms with Crippen molar-refractivity contribution in [2.75, 3.05) is 7.11 Å². The molecule has 42 heavy (non-hydrogen) atoms. The molecule has 2 N–H and O–H groups in total. The predicted molar refractivity (Wildman–Crippen MR) is 162 cm³/mol. The average Bonchev–Trinajstić information content (AvgIpc) is 3.24. The maximum absolute atomic E-state index is 13.4. The van der Waals surface area contributed by atoms with Crippen LogP contribution in [0.1, 0.15) is 81.9 Å². The van der Waals surface area contributed by atoms with Crippen LogP contribution in [-0.4, -0.2) is 48.8 Å². The molecule has 226 valence electrons. The molecule has 3 aromatic rings. The number of carbonyl (C=O) groups is 2. The van der Waals surface area contributed by atoms with Crippen molar-refractivity contribution in [1.82, 2.24) is 19.8 Å². The third-order valence-electron chi connectivity index (χ3n) is 8.17. The van der Waals surface area contributed by atoms with Gasteiger partial charge in [0.05, 0.1) is 34.3 Å². The van der Waals surface area contributed by atoms with Crippen molar-refractivity contribution in [3.8, 4) is 5.69 Å². The van der Waals surface area contributed by atoms with Crippen LogP contribution < -0.4 is 10.0 Å². The molecule has 5 rings (SSSR count). The molecule has 1 aromatic heterocycles. The summed E-state index contributed by atoms with van der Waals surface area (Å²) in [5.41, 5.74) is 0.866. The Bertz CT molecular complexity index is 1600. The third-order valence-corrected chi connectivity index (χ3v) is 10.4. The van der Waals surface area contributed by atoms with Gasteiger partial charge in [-0.3, -0.25) is 9.59 Å². The van der Waals surface area contributed by atoms with Crippen molar-refractivity contribution in [2.24, 2.45) is 11.8 Å². The summed E-state index contributed by atoms with van der Waals surface area (Å²) in [5.74, 6) is -0.469. The first-order chi connectivity index (χ1) is 19.9. The minimum Gasteiger partial charge on any atom is -0.469 e. The van der Waals surface area contributed by atoms with Crippen LogP contribution in [0.2, 0.25) is 5.02 Å². The number of esters is 1. The van der Waals surface area contributed by atoms with Crippen LogP contribution in [0.3, 0.4) is 0 Å². The smallest absolute Gasteiger partial charge is 0.308 e. The first-order valence-electron chi connectivity index (χ1n) is 14.6. The lowest BCUT2D eigenvalue weighted by Crippen LogP contribution is -2.47. The number of amides is 1. The molecule has 2 aliphatic rings. The minimum atomic E-state index is -3.82. The summed E-state index contributed by atoms with van der Waals surface area (Å²) in [7, 11) is -2.46. The molecular formula is C31H39ClN4O5S. The number of halogens is 1. The van der Waals surface area contributed by atoms with Gasteiger partial charge in [-0.2, -0.15) is 5.10 Å². The van der Waals surface area contributed by atoms with Crippen LogP contribution >= 0.6 is 11.6 Å². The number of methoxy groups -OCH3 is 1. The highest BCUT2D eigenvalue weighted by molar-refractivity contribution is 7.89. The number of sulfonamides is 1. The molecule has 1 heterocycles. The van der Waals surface area contributed by atoms with Crippen LogP contribution in [0.15, 0.2) is 41.3 Å². The van der Waals surface area contributed by atoms with Gasteiger partial charge in [0, 0.05) is 22.4 Å². The number of nitrogens with zero attached hydrogens (tertiary/aromatic N) is 2. The zero-order valence-corrected chi connectivity index (χ0v) is 26.1. The summed E-state index contributed by atoms with van der Waals surface area (Å²) in [6.07, 6.45) is 7.36. The fourth-order valence-electron chi connectivity index (χ4n) is 6.10. The summed E-state index contributed by atoms with van der Waals surface area (Å²) < 4.78 is 36.0. The van der Waals surface area contributed by atoms with Crippen molar-refractivity contribution in [3.63, 3.8) is 0 Å². The minimum absolute atomic E-state index is 0.124. The number of aromatic nitrogens is 2. The van der Waals surface area contributed by atoms with Crippen LogP contribution in [0, 0.1) is 11.8 Å². The SMILES string of the molecule is COC(=O)C1CC(NC(=O)c2nn(-c3ccc(S(=O)(=O)NC(C)(C)C)c4ccccc34)c(CC3CCCCC3)c2Cl)C1. The van der Waals surface area contributed by atoms with Crippen LogP contribution in [0.25, 0.3) is 16.5 Å². The maximum Gasteiger partial charge on any atom is 0.308 e. The summed E-state index contributed by atoms with van der Waals surface area (Å²) in [6.45, 7) is 5.41. The van der Waals surface area contributed by atoms with Crippen molar-refractivity contribution in [1.29, 1.82) is 0 Å². The Morgan fingerprint density at radius 1 is 1.05 bits per heavy atom. The van der Waals surface area contributed by atoms with E-state index in [0.29, 0.717) is 46.7 Å². The summed E-state index contributed by atoms with van der Waals surface area (Å²) >= 11 is 6.94. The Hall–Kier alpha value is -2.95. The van der Waals surface area contributed by atoms with Crippen molar-refractivity contribution < 1.29 is 22.7 Å². The highest BCUT2D eigenvalue weighted by Crippen LogP contribution is 2.36. The zero-order valence-electron chi connectivity index (χ0n) is 24.6. The number of benzene rings is 2. The molecule has 0 saturated heterocycles. The van der Waals surface area contributed by atoms with Crippen molar-refractivity contribution in [2.45, 2.75) is 88.6 Å². The standard InChI is InChI=1S/C31H39ClN4O5S/c1-31(2,3)35-42(39,40)26-15-14-24(22-12-8-9-13-23(22)26)36-25(16-19-10-6-5-7-11-19)27(32)28(34-36)29(37)33-21-17-20(18-21)30(38)41-4/h8-9,12-15,19-21,35H,5-7,10-11,16-18H2,1-4H3,(H,33,37). The number of ether oxygens (including phenoxy) is 1. The fraction of sp³-hybridized carbons (Fsp3) is 0.516. The van der Waals surface area contributed by atoms with Gasteiger partial charge in [0.2, 0.25) is 10.0 Å². The Morgan fingerprint density at radius 2 is 1.71 bits per heavy atom. The van der Waals surface area contributed by atoms with Crippen molar-refractivity contribution in [3.05, 3.63) is 52.8 Å². The number of nitrogens with one attached hydrogen (secondary N) is 2. The molecule has 9 nitrogen and oxygen atoms in total. The first kappa shape index (κ1) is 30.5. The number of rotatable bonds is 8. The monoisotopic (exact) mass is 614 g/mol. The lowest BCUT2D eigenvalue weighted by atomic mass is 9.80. The second-order valence-corrected chi connectivity index (χ2v) is 14.6. The van der Waals surface area contributed by atoms with Gasteiger partial charge in [0.25, 0.3) is 5.91 Å². The molecule has 1 amide bonds. The van der Waals surface area contributed by atoms with E-state index in [1.54, 1.807) is 49.7 Å². The maximum atomic E-state index is 13.4. The molecule has 0 atom stereocenters. The van der Waals surface area contributed by atoms with E-state index < -0.39 is 21.5 Å². The largest absolute Gasteiger partial charge is 0.469 e. The van der Waals surface area contributed by atoms with Gasteiger partial charge in [-0.1, -0.05) is 68.0 Å². The van der Waals surface area contributed by atoms with E-state index in [-0.39, 0.29) is 28.5 Å². The van der Waals surface area contributed by atoms with E-state index >= 15 is 0 Å². The summed E-state index contributed by atoms with van der Waals surface area (Å²) in [6, 6.07) is 10.5. The Morgan fingerprint density at radius 3 is 2.36 bits per heavy atom. The molecule has 2 saturated carbocycles. The second kappa shape index (κ2) is 12.0. The molecule has 11 heteroatoms. The lowest BCUT2D eigenvalue weighted by Gasteiger charge is -2.33. The van der Waals surface area contributed by atoms with Gasteiger partial charge >= 0.3 is 5.97 Å². The topological polar surface area (TPSA) is 119 Å². The molecule has 2 aromatic carbocycles. The Balaban J connectivity index is 1.55. The Labute approximate surface area is 252 Å². The van der Waals surface area contributed by atoms with E-state index in [1.165, 1.54) is 13.5 Å². The van der Waals surface area contributed by atoms with Crippen LogP contribution in [0.4, 0.5) is 0 Å². The second-order valence-electron chi connectivity index (χ2n) is 12.6.